The van der Waals surface area contributed by atoms with Gasteiger partial charge in [0.1, 0.15) is 6.29 Å². The summed E-state index contributed by atoms with van der Waals surface area (Å²) in [6.07, 6.45) is 1.03. The molecule has 0 aliphatic rings. The Morgan fingerprint density at radius 1 is 0.882 bits per heavy atom. The van der Waals surface area contributed by atoms with Gasteiger partial charge >= 0.3 is 0 Å². The monoisotopic (exact) mass is 536 g/mol. The van der Waals surface area contributed by atoms with Gasteiger partial charge in [0.25, 0.3) is 15.9 Å². The van der Waals surface area contributed by atoms with Crippen LogP contribution < -0.4 is 10.0 Å². The number of rotatable bonds is 8. The van der Waals surface area contributed by atoms with Crippen molar-refractivity contribution in [2.75, 3.05) is 4.72 Å². The Balaban J connectivity index is 1.53. The van der Waals surface area contributed by atoms with E-state index in [4.69, 9.17) is 0 Å². The van der Waals surface area contributed by atoms with Gasteiger partial charge < -0.3 is 10.1 Å². The molecule has 172 valence electrons. The molecule has 0 aliphatic heterocycles. The highest BCUT2D eigenvalue weighted by Crippen LogP contribution is 2.25. The number of hydrogen-bond donors (Lipinski definition) is 2. The first-order valence-electron chi connectivity index (χ1n) is 10.5. The highest BCUT2D eigenvalue weighted by molar-refractivity contribution is 9.10. The zero-order valence-electron chi connectivity index (χ0n) is 17.9. The average molecular weight is 537 g/mol. The number of anilines is 1. The van der Waals surface area contributed by atoms with E-state index in [0.717, 1.165) is 16.3 Å². The summed E-state index contributed by atoms with van der Waals surface area (Å²) in [5.41, 5.74) is 1.35. The molecule has 4 aromatic rings. The van der Waals surface area contributed by atoms with Crippen LogP contribution in [0.5, 0.6) is 0 Å². The minimum atomic E-state index is -3.88. The van der Waals surface area contributed by atoms with Gasteiger partial charge in [0.05, 0.1) is 16.5 Å². The second-order valence-corrected chi connectivity index (χ2v) is 10.3. The maximum Gasteiger partial charge on any atom is 0.261 e. The van der Waals surface area contributed by atoms with Crippen molar-refractivity contribution in [3.05, 3.63) is 107 Å². The van der Waals surface area contributed by atoms with Crippen molar-refractivity contribution in [1.82, 2.24) is 5.32 Å². The predicted octanol–water partition coefficient (Wildman–Crippen LogP) is 4.94. The van der Waals surface area contributed by atoms with Gasteiger partial charge in [-0.2, -0.15) is 0 Å². The van der Waals surface area contributed by atoms with Gasteiger partial charge in [-0.15, -0.1) is 0 Å². The molecule has 4 rings (SSSR count). The normalized spacial score (nSPS) is 12.1. The molecule has 0 heterocycles. The quantitative estimate of drug-likeness (QED) is 0.312. The van der Waals surface area contributed by atoms with E-state index in [0.29, 0.717) is 17.2 Å². The number of carbonyl (C=O) groups excluding carboxylic acids is 2. The molecular formula is C26H21BrN2O4S. The molecule has 8 heteroatoms. The van der Waals surface area contributed by atoms with Crippen molar-refractivity contribution >= 4 is 54.6 Å². The van der Waals surface area contributed by atoms with Crippen LogP contribution in [0.2, 0.25) is 0 Å². The fourth-order valence-corrected chi connectivity index (χ4v) is 5.07. The largest absolute Gasteiger partial charge is 0.342 e. The molecule has 0 radical (unpaired) electrons. The smallest absolute Gasteiger partial charge is 0.261 e. The number of halogens is 1. The number of fused-ring (bicyclic) bond motifs is 1. The number of carbonyl (C=O) groups is 2. The first kappa shape index (κ1) is 23.7. The first-order valence-corrected chi connectivity index (χ1v) is 12.7. The molecule has 0 unspecified atom stereocenters. The molecule has 0 aromatic heterocycles. The molecule has 4 aromatic carbocycles. The third-order valence-corrected chi connectivity index (χ3v) is 7.34. The topological polar surface area (TPSA) is 92.3 Å². The number of hydrogen-bond acceptors (Lipinski definition) is 4. The van der Waals surface area contributed by atoms with Crippen LogP contribution in [0.25, 0.3) is 10.8 Å². The predicted molar refractivity (Wildman–Crippen MR) is 136 cm³/mol. The van der Waals surface area contributed by atoms with Gasteiger partial charge in [0.15, 0.2) is 0 Å². The van der Waals surface area contributed by atoms with Gasteiger partial charge in [0.2, 0.25) is 0 Å². The maximum atomic E-state index is 13.0. The fraction of sp³-hybridized carbons (Fsp3) is 0.0769. The van der Waals surface area contributed by atoms with Crippen molar-refractivity contribution in [3.8, 4) is 0 Å². The number of nitrogens with one attached hydrogen (secondary N) is 2. The summed E-state index contributed by atoms with van der Waals surface area (Å²) in [5.74, 6) is -0.494. The summed E-state index contributed by atoms with van der Waals surface area (Å²) in [6, 6.07) is 25.6. The summed E-state index contributed by atoms with van der Waals surface area (Å²) < 4.78 is 28.9. The fourth-order valence-electron chi connectivity index (χ4n) is 3.56. The number of benzene rings is 4. The molecule has 0 saturated carbocycles. The van der Waals surface area contributed by atoms with E-state index in [1.165, 1.54) is 12.1 Å². The van der Waals surface area contributed by atoms with E-state index in [1.807, 2.05) is 54.6 Å². The maximum absolute atomic E-state index is 13.0. The Bertz CT molecular complexity index is 1460. The number of amides is 1. The minimum absolute atomic E-state index is 0.115. The molecule has 2 N–H and O–H groups in total. The zero-order valence-corrected chi connectivity index (χ0v) is 20.3. The Hall–Kier alpha value is -3.49. The molecule has 0 bridgehead atoms. The Morgan fingerprint density at radius 2 is 1.59 bits per heavy atom. The lowest BCUT2D eigenvalue weighted by atomic mass is 10.1. The highest BCUT2D eigenvalue weighted by atomic mass is 79.9. The molecule has 34 heavy (non-hydrogen) atoms. The lowest BCUT2D eigenvalue weighted by Crippen LogP contribution is -2.37. The van der Waals surface area contributed by atoms with E-state index in [2.05, 4.69) is 26.0 Å². The van der Waals surface area contributed by atoms with E-state index >= 15 is 0 Å². The van der Waals surface area contributed by atoms with E-state index in [1.54, 1.807) is 24.3 Å². The van der Waals surface area contributed by atoms with Gasteiger partial charge in [-0.3, -0.25) is 9.52 Å². The van der Waals surface area contributed by atoms with Crippen LogP contribution in [0.4, 0.5) is 5.69 Å². The van der Waals surface area contributed by atoms with Crippen LogP contribution in [0.3, 0.4) is 0 Å². The molecule has 1 atom stereocenters. The summed E-state index contributed by atoms with van der Waals surface area (Å²) in [4.78, 5) is 24.5. The van der Waals surface area contributed by atoms with Crippen molar-refractivity contribution in [3.63, 3.8) is 0 Å². The van der Waals surface area contributed by atoms with Crippen LogP contribution in [0.15, 0.2) is 100 Å². The number of aldehydes is 1. The van der Waals surface area contributed by atoms with Crippen LogP contribution in [-0.2, 0) is 21.2 Å². The molecule has 0 aliphatic carbocycles. The van der Waals surface area contributed by atoms with Crippen LogP contribution >= 0.6 is 15.9 Å². The van der Waals surface area contributed by atoms with Gasteiger partial charge in [-0.25, -0.2) is 8.42 Å². The zero-order chi connectivity index (χ0) is 24.1. The molecular weight excluding hydrogens is 516 g/mol. The Labute approximate surface area is 206 Å². The first-order chi connectivity index (χ1) is 16.4. The summed E-state index contributed by atoms with van der Waals surface area (Å²) in [6.45, 7) is 0. The lowest BCUT2D eigenvalue weighted by Gasteiger charge is -2.15. The minimum Gasteiger partial charge on any atom is -0.342 e. The summed E-state index contributed by atoms with van der Waals surface area (Å²) >= 11 is 3.34. The van der Waals surface area contributed by atoms with Gasteiger partial charge in [0, 0.05) is 10.2 Å². The SMILES string of the molecule is O=C[C@H](Cc1ccccc1)NC(=O)c1cc(NS(=O)(=O)c2ccc3ccccc3c2)ccc1Br. The van der Waals surface area contributed by atoms with E-state index in [9.17, 15) is 18.0 Å². The highest BCUT2D eigenvalue weighted by Gasteiger charge is 2.19. The summed E-state index contributed by atoms with van der Waals surface area (Å²) in [7, 11) is -3.88. The standard InChI is InChI=1S/C26H21BrN2O4S/c27-25-13-11-21(29-34(32,33)23-12-10-19-8-4-5-9-20(19)15-23)16-24(25)26(31)28-22(17-30)14-18-6-2-1-3-7-18/h1-13,15-17,22,29H,14H2,(H,28,31)/t22-/m0/s1. The summed E-state index contributed by atoms with van der Waals surface area (Å²) in [5, 5.41) is 4.44. The van der Waals surface area contributed by atoms with Crippen molar-refractivity contribution < 1.29 is 18.0 Å². The second-order valence-electron chi connectivity index (χ2n) is 7.71. The Kier molecular flexibility index (Phi) is 7.09. The third kappa shape index (κ3) is 5.52. The molecule has 0 saturated heterocycles. The molecule has 0 spiro atoms. The van der Waals surface area contributed by atoms with Crippen molar-refractivity contribution in [1.29, 1.82) is 0 Å². The average Bonchev–Trinajstić information content (AvgIpc) is 2.85. The van der Waals surface area contributed by atoms with Crippen LogP contribution in [0.1, 0.15) is 15.9 Å². The van der Waals surface area contributed by atoms with Crippen molar-refractivity contribution in [2.45, 2.75) is 17.4 Å². The van der Waals surface area contributed by atoms with Crippen LogP contribution in [0, 0.1) is 0 Å². The van der Waals surface area contributed by atoms with Crippen molar-refractivity contribution in [2.24, 2.45) is 0 Å². The Morgan fingerprint density at radius 3 is 2.32 bits per heavy atom. The molecule has 1 amide bonds. The van der Waals surface area contributed by atoms with E-state index in [-0.39, 0.29) is 16.1 Å². The van der Waals surface area contributed by atoms with E-state index < -0.39 is 22.0 Å². The lowest BCUT2D eigenvalue weighted by molar-refractivity contribution is -0.109. The van der Waals surface area contributed by atoms with Gasteiger partial charge in [-0.05, 0) is 69.0 Å². The number of sulfonamides is 1. The second kappa shape index (κ2) is 10.2. The van der Waals surface area contributed by atoms with Crippen LogP contribution in [-0.4, -0.2) is 26.7 Å². The molecule has 6 nitrogen and oxygen atoms in total. The molecule has 0 fully saturated rings. The third-order valence-electron chi connectivity index (χ3n) is 5.27. The van der Waals surface area contributed by atoms with Gasteiger partial charge in [-0.1, -0.05) is 60.7 Å².